The molecule has 0 aliphatic heterocycles. The Morgan fingerprint density at radius 2 is 1.79 bits per heavy atom. The number of carbonyl (C=O) groups is 1. The van der Waals surface area contributed by atoms with Crippen LogP contribution < -0.4 is 5.32 Å². The van der Waals surface area contributed by atoms with Gasteiger partial charge < -0.3 is 5.32 Å². The maximum Gasteiger partial charge on any atom is 0.416 e. The summed E-state index contributed by atoms with van der Waals surface area (Å²) in [5.74, 6) is -1.05. The number of carbonyl (C=O) groups excluding carboxylic acids is 1. The fraction of sp³-hybridized carbons (Fsp3) is 0.200. The molecule has 9 heteroatoms. The molecule has 0 atom stereocenters. The molecular weight excluding hydrogens is 410 g/mol. The standard InChI is InChI=1S/C20H16ClF4N3O/c1-11-3-8-15(9-16(11)20(23,24)25)26-19(29)17-12(2)27-28(18(17)21)10-13-4-6-14(22)7-5-13/h3-9H,10H2,1-2H3,(H,26,29). The molecule has 3 aromatic rings. The van der Waals surface area contributed by atoms with Gasteiger partial charge in [0.25, 0.3) is 5.91 Å². The van der Waals surface area contributed by atoms with Crippen LogP contribution in [0.2, 0.25) is 5.15 Å². The van der Waals surface area contributed by atoms with Gasteiger partial charge in [-0.25, -0.2) is 9.07 Å². The Balaban J connectivity index is 1.85. The molecule has 0 spiro atoms. The molecule has 0 bridgehead atoms. The van der Waals surface area contributed by atoms with Crippen LogP contribution in [0, 0.1) is 19.7 Å². The average Bonchev–Trinajstić information content (AvgIpc) is 2.91. The lowest BCUT2D eigenvalue weighted by Crippen LogP contribution is -2.15. The lowest BCUT2D eigenvalue weighted by Gasteiger charge is -2.13. The van der Waals surface area contributed by atoms with Crippen molar-refractivity contribution in [2.75, 3.05) is 5.32 Å². The van der Waals surface area contributed by atoms with E-state index in [1.54, 1.807) is 19.1 Å². The number of aromatic nitrogens is 2. The first-order valence-electron chi connectivity index (χ1n) is 8.53. The Morgan fingerprint density at radius 3 is 2.41 bits per heavy atom. The fourth-order valence-corrected chi connectivity index (χ4v) is 3.20. The highest BCUT2D eigenvalue weighted by Gasteiger charge is 2.32. The van der Waals surface area contributed by atoms with Crippen LogP contribution in [0.25, 0.3) is 0 Å². The van der Waals surface area contributed by atoms with Crippen LogP contribution in [0.3, 0.4) is 0 Å². The zero-order valence-electron chi connectivity index (χ0n) is 15.4. The lowest BCUT2D eigenvalue weighted by atomic mass is 10.1. The fourth-order valence-electron chi connectivity index (χ4n) is 2.88. The number of nitrogens with zero attached hydrogens (tertiary/aromatic N) is 2. The van der Waals surface area contributed by atoms with Gasteiger partial charge in [-0.2, -0.15) is 18.3 Å². The molecule has 2 aromatic carbocycles. The first-order chi connectivity index (χ1) is 13.6. The van der Waals surface area contributed by atoms with E-state index < -0.39 is 17.6 Å². The minimum atomic E-state index is -4.53. The third kappa shape index (κ3) is 4.59. The normalized spacial score (nSPS) is 11.6. The number of alkyl halides is 3. The lowest BCUT2D eigenvalue weighted by molar-refractivity contribution is -0.138. The molecular formula is C20H16ClF4N3O. The highest BCUT2D eigenvalue weighted by molar-refractivity contribution is 6.33. The second-order valence-electron chi connectivity index (χ2n) is 6.52. The molecule has 1 N–H and O–H groups in total. The summed E-state index contributed by atoms with van der Waals surface area (Å²) in [6.07, 6.45) is -4.53. The van der Waals surface area contributed by atoms with E-state index in [0.717, 1.165) is 11.6 Å². The van der Waals surface area contributed by atoms with Crippen molar-refractivity contribution in [3.05, 3.63) is 81.4 Å². The van der Waals surface area contributed by atoms with Gasteiger partial charge in [0.15, 0.2) is 0 Å². The van der Waals surface area contributed by atoms with E-state index in [2.05, 4.69) is 10.4 Å². The topological polar surface area (TPSA) is 46.9 Å². The number of nitrogens with one attached hydrogen (secondary N) is 1. The van der Waals surface area contributed by atoms with E-state index in [0.29, 0.717) is 5.69 Å². The summed E-state index contributed by atoms with van der Waals surface area (Å²) < 4.78 is 53.7. The Bertz CT molecular complexity index is 1060. The Hall–Kier alpha value is -2.87. The highest BCUT2D eigenvalue weighted by Crippen LogP contribution is 2.33. The minimum Gasteiger partial charge on any atom is -0.322 e. The van der Waals surface area contributed by atoms with Gasteiger partial charge >= 0.3 is 6.18 Å². The number of rotatable bonds is 4. The summed E-state index contributed by atoms with van der Waals surface area (Å²) in [7, 11) is 0. The van der Waals surface area contributed by atoms with Gasteiger partial charge in [-0.15, -0.1) is 0 Å². The van der Waals surface area contributed by atoms with Gasteiger partial charge in [-0.05, 0) is 49.2 Å². The second kappa shape index (κ2) is 7.87. The largest absolute Gasteiger partial charge is 0.416 e. The van der Waals surface area contributed by atoms with Gasteiger partial charge in [0.05, 0.1) is 23.4 Å². The van der Waals surface area contributed by atoms with Crippen molar-refractivity contribution in [1.82, 2.24) is 9.78 Å². The predicted octanol–water partition coefficient (Wildman–Crippen LogP) is 5.61. The van der Waals surface area contributed by atoms with Gasteiger partial charge in [-0.1, -0.05) is 29.8 Å². The van der Waals surface area contributed by atoms with Crippen LogP contribution in [0.4, 0.5) is 23.2 Å². The van der Waals surface area contributed by atoms with Gasteiger partial charge in [-0.3, -0.25) is 4.79 Å². The molecule has 4 nitrogen and oxygen atoms in total. The third-order valence-electron chi connectivity index (χ3n) is 4.34. The van der Waals surface area contributed by atoms with Crippen molar-refractivity contribution in [3.63, 3.8) is 0 Å². The van der Waals surface area contributed by atoms with Crippen LogP contribution in [-0.4, -0.2) is 15.7 Å². The summed E-state index contributed by atoms with van der Waals surface area (Å²) in [5.41, 5.74) is 0.313. The Kier molecular flexibility index (Phi) is 5.66. The molecule has 1 amide bonds. The zero-order valence-corrected chi connectivity index (χ0v) is 16.2. The van der Waals surface area contributed by atoms with Crippen molar-refractivity contribution < 1.29 is 22.4 Å². The molecule has 0 saturated carbocycles. The summed E-state index contributed by atoms with van der Waals surface area (Å²) in [6.45, 7) is 3.11. The van der Waals surface area contributed by atoms with Crippen molar-refractivity contribution in [1.29, 1.82) is 0 Å². The number of benzene rings is 2. The molecule has 0 saturated heterocycles. The average molecular weight is 426 g/mol. The Morgan fingerprint density at radius 1 is 1.14 bits per heavy atom. The van der Waals surface area contributed by atoms with Gasteiger partial charge in [0.2, 0.25) is 0 Å². The first kappa shape index (κ1) is 20.9. The monoisotopic (exact) mass is 425 g/mol. The minimum absolute atomic E-state index is 0.00493. The summed E-state index contributed by atoms with van der Waals surface area (Å²) in [4.78, 5) is 12.6. The summed E-state index contributed by atoms with van der Waals surface area (Å²) in [5, 5.41) is 6.68. The van der Waals surface area contributed by atoms with E-state index in [9.17, 15) is 22.4 Å². The number of amides is 1. The maximum absolute atomic E-state index is 13.1. The Labute approximate surface area is 169 Å². The second-order valence-corrected chi connectivity index (χ2v) is 6.87. The summed E-state index contributed by atoms with van der Waals surface area (Å²) in [6, 6.07) is 9.26. The van der Waals surface area contributed by atoms with Crippen molar-refractivity contribution in [2.24, 2.45) is 0 Å². The molecule has 1 heterocycles. The van der Waals surface area contributed by atoms with Crippen molar-refractivity contribution in [3.8, 4) is 0 Å². The van der Waals surface area contributed by atoms with Gasteiger partial charge in [0.1, 0.15) is 11.0 Å². The number of hydrogen-bond donors (Lipinski definition) is 1. The number of aryl methyl sites for hydroxylation is 2. The van der Waals surface area contributed by atoms with E-state index in [-0.39, 0.29) is 34.3 Å². The van der Waals surface area contributed by atoms with Crippen LogP contribution >= 0.6 is 11.6 Å². The van der Waals surface area contributed by atoms with E-state index in [4.69, 9.17) is 11.6 Å². The van der Waals surface area contributed by atoms with Gasteiger partial charge in [0, 0.05) is 5.69 Å². The SMILES string of the molecule is Cc1ccc(NC(=O)c2c(C)nn(Cc3ccc(F)cc3)c2Cl)cc1C(F)(F)F. The number of halogens is 5. The van der Waals surface area contributed by atoms with Crippen LogP contribution in [-0.2, 0) is 12.7 Å². The van der Waals surface area contributed by atoms with Crippen molar-refractivity contribution >= 4 is 23.2 Å². The molecule has 0 aliphatic carbocycles. The molecule has 0 fully saturated rings. The predicted molar refractivity (Wildman–Crippen MR) is 102 cm³/mol. The van der Waals surface area contributed by atoms with E-state index >= 15 is 0 Å². The first-order valence-corrected chi connectivity index (χ1v) is 8.90. The third-order valence-corrected chi connectivity index (χ3v) is 4.72. The number of anilines is 1. The molecule has 0 radical (unpaired) electrons. The number of hydrogen-bond acceptors (Lipinski definition) is 2. The quantitative estimate of drug-likeness (QED) is 0.552. The zero-order chi connectivity index (χ0) is 21.3. The molecule has 3 rings (SSSR count). The van der Waals surface area contributed by atoms with Crippen LogP contribution in [0.5, 0.6) is 0 Å². The summed E-state index contributed by atoms with van der Waals surface area (Å²) >= 11 is 6.29. The molecule has 152 valence electrons. The molecule has 0 unspecified atom stereocenters. The molecule has 0 aliphatic rings. The molecule has 29 heavy (non-hydrogen) atoms. The van der Waals surface area contributed by atoms with Crippen molar-refractivity contribution in [2.45, 2.75) is 26.6 Å². The molecule has 1 aromatic heterocycles. The van der Waals surface area contributed by atoms with Crippen LogP contribution in [0.15, 0.2) is 42.5 Å². The van der Waals surface area contributed by atoms with E-state index in [1.165, 1.54) is 35.9 Å². The van der Waals surface area contributed by atoms with Crippen LogP contribution in [0.1, 0.15) is 32.7 Å². The van der Waals surface area contributed by atoms with E-state index in [1.807, 2.05) is 0 Å². The maximum atomic E-state index is 13.1. The smallest absolute Gasteiger partial charge is 0.322 e. The highest BCUT2D eigenvalue weighted by atomic mass is 35.5.